The highest BCUT2D eigenvalue weighted by Gasteiger charge is 2.23. The van der Waals surface area contributed by atoms with Crippen molar-refractivity contribution in [1.29, 1.82) is 0 Å². The molecule has 0 spiro atoms. The zero-order chi connectivity index (χ0) is 21.6. The third-order valence-corrected chi connectivity index (χ3v) is 5.24. The van der Waals surface area contributed by atoms with Crippen LogP contribution in [-0.4, -0.2) is 47.2 Å². The summed E-state index contributed by atoms with van der Waals surface area (Å²) in [6.45, 7) is 1.08. The Morgan fingerprint density at radius 1 is 1.23 bits per heavy atom. The van der Waals surface area contributed by atoms with Gasteiger partial charge in [0, 0.05) is 32.3 Å². The average Bonchev–Trinajstić information content (AvgIpc) is 3.42. The van der Waals surface area contributed by atoms with Crippen molar-refractivity contribution >= 4 is 28.5 Å². The zero-order valence-corrected chi connectivity index (χ0v) is 17.5. The third kappa shape index (κ3) is 5.21. The van der Waals surface area contributed by atoms with Crippen molar-refractivity contribution in [2.45, 2.75) is 25.4 Å². The van der Waals surface area contributed by atoms with Crippen molar-refractivity contribution in [1.82, 2.24) is 14.9 Å². The summed E-state index contributed by atoms with van der Waals surface area (Å²) in [5.41, 5.74) is 2.40. The van der Waals surface area contributed by atoms with E-state index < -0.39 is 0 Å². The molecule has 2 N–H and O–H groups in total. The van der Waals surface area contributed by atoms with Gasteiger partial charge in [0.25, 0.3) is 5.91 Å². The van der Waals surface area contributed by atoms with Crippen LogP contribution in [0.25, 0.3) is 11.0 Å². The van der Waals surface area contributed by atoms with Crippen LogP contribution in [0.5, 0.6) is 5.75 Å². The summed E-state index contributed by atoms with van der Waals surface area (Å²) in [5.74, 6) is 1.21. The van der Waals surface area contributed by atoms with Gasteiger partial charge in [-0.05, 0) is 43.2 Å². The minimum absolute atomic E-state index is 0.0565. The number of nitrogens with one attached hydrogen (secondary N) is 2. The van der Waals surface area contributed by atoms with E-state index in [-0.39, 0.29) is 24.5 Å². The first-order valence-corrected chi connectivity index (χ1v) is 10.4. The smallest absolute Gasteiger partial charge is 0.262 e. The lowest BCUT2D eigenvalue weighted by atomic mass is 10.2. The Morgan fingerprint density at radius 2 is 2.06 bits per heavy atom. The summed E-state index contributed by atoms with van der Waals surface area (Å²) < 4.78 is 12.9. The van der Waals surface area contributed by atoms with Gasteiger partial charge >= 0.3 is 0 Å². The van der Waals surface area contributed by atoms with Crippen LogP contribution in [0.1, 0.15) is 18.7 Å². The number of rotatable bonds is 8. The Kier molecular flexibility index (Phi) is 6.47. The quantitative estimate of drug-likeness (QED) is 0.582. The van der Waals surface area contributed by atoms with Gasteiger partial charge in [-0.1, -0.05) is 18.2 Å². The lowest BCUT2D eigenvalue weighted by Gasteiger charge is -2.10. The maximum atomic E-state index is 12.2. The first-order valence-electron chi connectivity index (χ1n) is 10.4. The Balaban J connectivity index is 1.33. The van der Waals surface area contributed by atoms with Gasteiger partial charge in [-0.15, -0.1) is 0 Å². The number of para-hydroxylation sites is 1. The summed E-state index contributed by atoms with van der Waals surface area (Å²) in [6, 6.07) is 14.8. The van der Waals surface area contributed by atoms with Gasteiger partial charge < -0.3 is 24.7 Å². The summed E-state index contributed by atoms with van der Waals surface area (Å²) in [6.07, 6.45) is 2.00. The van der Waals surface area contributed by atoms with E-state index in [2.05, 4.69) is 15.6 Å². The van der Waals surface area contributed by atoms with Crippen LogP contribution in [0.4, 0.5) is 5.69 Å². The second-order valence-corrected chi connectivity index (χ2v) is 7.48. The molecule has 2 heterocycles. The summed E-state index contributed by atoms with van der Waals surface area (Å²) >= 11 is 0. The van der Waals surface area contributed by atoms with E-state index in [1.54, 1.807) is 12.1 Å². The zero-order valence-electron chi connectivity index (χ0n) is 17.5. The molecule has 1 saturated heterocycles. The number of imidazole rings is 1. The number of aromatic nitrogens is 2. The first kappa shape index (κ1) is 20.9. The molecule has 1 aromatic heterocycles. The van der Waals surface area contributed by atoms with E-state index in [0.717, 1.165) is 29.7 Å². The monoisotopic (exact) mass is 422 g/mol. The van der Waals surface area contributed by atoms with Gasteiger partial charge in [-0.3, -0.25) is 9.59 Å². The number of anilines is 1. The molecule has 1 fully saturated rings. The van der Waals surface area contributed by atoms with Crippen molar-refractivity contribution in [3.63, 3.8) is 0 Å². The molecule has 3 aromatic rings. The predicted octanol–water partition coefficient (Wildman–Crippen LogP) is 2.43. The molecule has 162 valence electrons. The SMILES string of the molecule is Cn1c(CCNC(=O)[C@@H]2CCCO2)nc2cc(NC(=O)COc3ccccc3)ccc21. The Labute approximate surface area is 180 Å². The molecule has 1 atom stereocenters. The standard InChI is InChI=1S/C23H26N4O4/c1-27-19-10-9-16(25-22(28)15-31-17-6-3-2-4-7-17)14-18(19)26-21(27)11-12-24-23(29)20-8-5-13-30-20/h2-4,6-7,9-10,14,20H,5,8,11-13,15H2,1H3,(H,24,29)(H,25,28)/t20-/m0/s1. The number of carbonyl (C=O) groups excluding carboxylic acids is 2. The highest BCUT2D eigenvalue weighted by molar-refractivity contribution is 5.94. The maximum Gasteiger partial charge on any atom is 0.262 e. The minimum atomic E-state index is -0.322. The molecule has 31 heavy (non-hydrogen) atoms. The molecule has 1 aliphatic rings. The highest BCUT2D eigenvalue weighted by atomic mass is 16.5. The van der Waals surface area contributed by atoms with Crippen LogP contribution >= 0.6 is 0 Å². The molecule has 0 aliphatic carbocycles. The molecule has 2 amide bonds. The van der Waals surface area contributed by atoms with Crippen LogP contribution in [0, 0.1) is 0 Å². The number of carbonyl (C=O) groups is 2. The topological polar surface area (TPSA) is 94.5 Å². The molecule has 0 bridgehead atoms. The van der Waals surface area contributed by atoms with Crippen molar-refractivity contribution in [2.24, 2.45) is 7.05 Å². The summed E-state index contributed by atoms with van der Waals surface area (Å²) in [7, 11) is 1.94. The molecule has 1 aliphatic heterocycles. The van der Waals surface area contributed by atoms with Gasteiger partial charge in [-0.2, -0.15) is 0 Å². The van der Waals surface area contributed by atoms with Crippen molar-refractivity contribution in [2.75, 3.05) is 25.1 Å². The van der Waals surface area contributed by atoms with Gasteiger partial charge in [0.05, 0.1) is 11.0 Å². The molecule has 0 radical (unpaired) electrons. The van der Waals surface area contributed by atoms with E-state index in [1.165, 1.54) is 0 Å². The van der Waals surface area contributed by atoms with Gasteiger partial charge in [0.1, 0.15) is 17.7 Å². The van der Waals surface area contributed by atoms with E-state index in [0.29, 0.717) is 31.0 Å². The van der Waals surface area contributed by atoms with Crippen molar-refractivity contribution < 1.29 is 19.1 Å². The lowest BCUT2D eigenvalue weighted by molar-refractivity contribution is -0.130. The predicted molar refractivity (Wildman–Crippen MR) is 117 cm³/mol. The van der Waals surface area contributed by atoms with E-state index in [9.17, 15) is 9.59 Å². The Morgan fingerprint density at radius 3 is 2.84 bits per heavy atom. The van der Waals surface area contributed by atoms with Crippen molar-refractivity contribution in [3.05, 3.63) is 54.4 Å². The molecule has 8 heteroatoms. The Hall–Kier alpha value is -3.39. The van der Waals surface area contributed by atoms with Crippen LogP contribution < -0.4 is 15.4 Å². The van der Waals surface area contributed by atoms with E-state index in [4.69, 9.17) is 9.47 Å². The number of hydrogen-bond donors (Lipinski definition) is 2. The van der Waals surface area contributed by atoms with Gasteiger partial charge in [0.2, 0.25) is 5.91 Å². The van der Waals surface area contributed by atoms with Gasteiger partial charge in [0.15, 0.2) is 6.61 Å². The second-order valence-electron chi connectivity index (χ2n) is 7.48. The third-order valence-electron chi connectivity index (χ3n) is 5.24. The Bertz CT molecular complexity index is 1060. The number of hydrogen-bond acceptors (Lipinski definition) is 5. The molecular weight excluding hydrogens is 396 g/mol. The maximum absolute atomic E-state index is 12.2. The molecule has 4 rings (SSSR count). The number of fused-ring (bicyclic) bond motifs is 1. The highest BCUT2D eigenvalue weighted by Crippen LogP contribution is 2.20. The largest absolute Gasteiger partial charge is 0.484 e. The van der Waals surface area contributed by atoms with Crippen LogP contribution in [0.2, 0.25) is 0 Å². The molecule has 8 nitrogen and oxygen atoms in total. The molecule has 0 unspecified atom stereocenters. The van der Waals surface area contributed by atoms with Crippen LogP contribution in [0.15, 0.2) is 48.5 Å². The fourth-order valence-corrected chi connectivity index (χ4v) is 3.61. The first-order chi connectivity index (χ1) is 15.1. The fraction of sp³-hybridized carbons (Fsp3) is 0.348. The van der Waals surface area contributed by atoms with Crippen LogP contribution in [-0.2, 0) is 27.8 Å². The average molecular weight is 422 g/mol. The van der Waals surface area contributed by atoms with Gasteiger partial charge in [-0.25, -0.2) is 4.98 Å². The lowest BCUT2D eigenvalue weighted by Crippen LogP contribution is -2.35. The van der Waals surface area contributed by atoms with E-state index >= 15 is 0 Å². The minimum Gasteiger partial charge on any atom is -0.484 e. The van der Waals surface area contributed by atoms with E-state index in [1.807, 2.05) is 48.0 Å². The molecule has 2 aromatic carbocycles. The second kappa shape index (κ2) is 9.61. The molecule has 0 saturated carbocycles. The summed E-state index contributed by atoms with van der Waals surface area (Å²) in [4.78, 5) is 28.9. The summed E-state index contributed by atoms with van der Waals surface area (Å²) in [5, 5.41) is 5.76. The fourth-order valence-electron chi connectivity index (χ4n) is 3.61. The number of aryl methyl sites for hydroxylation is 1. The number of benzene rings is 2. The normalized spacial score (nSPS) is 15.7. The van der Waals surface area contributed by atoms with Crippen LogP contribution in [0.3, 0.4) is 0 Å². The number of nitrogens with zero attached hydrogens (tertiary/aromatic N) is 2. The number of amides is 2. The van der Waals surface area contributed by atoms with Crippen molar-refractivity contribution in [3.8, 4) is 5.75 Å². The molecular formula is C23H26N4O4. The number of ether oxygens (including phenoxy) is 2.